The first kappa shape index (κ1) is 14.4. The van der Waals surface area contributed by atoms with E-state index in [1.54, 1.807) is 0 Å². The molecule has 0 aromatic carbocycles. The van der Waals surface area contributed by atoms with E-state index in [4.69, 9.17) is 4.89 Å². The zero-order valence-electron chi connectivity index (χ0n) is 9.97. The Labute approximate surface area is 91.1 Å². The van der Waals surface area contributed by atoms with Gasteiger partial charge in [-0.2, -0.15) is 0 Å². The zero-order valence-corrected chi connectivity index (χ0v) is 10.9. The molecule has 0 aromatic heterocycles. The van der Waals surface area contributed by atoms with Gasteiger partial charge >= 0.3 is 7.75 Å². The summed E-state index contributed by atoms with van der Waals surface area (Å²) in [6.45, 7) is 5.61. The number of hydrogen-bond acceptors (Lipinski definition) is 2. The lowest BCUT2D eigenvalue weighted by molar-refractivity contribution is 0.316. The summed E-state index contributed by atoms with van der Waals surface area (Å²) < 4.78 is 19.1. The minimum atomic E-state index is -3.79. The molecule has 0 radical (unpaired) electrons. The van der Waals surface area contributed by atoms with Crippen molar-refractivity contribution in [3.8, 4) is 0 Å². The van der Waals surface area contributed by atoms with Crippen molar-refractivity contribution in [1.82, 2.24) is 9.80 Å². The normalized spacial score (nSPS) is 19.5. The Bertz CT molecular complexity index is 258. The Morgan fingerprint density at radius 3 is 2.07 bits per heavy atom. The molecule has 1 aliphatic rings. The van der Waals surface area contributed by atoms with Crippen LogP contribution < -0.4 is 0 Å². The Kier molecular flexibility index (Phi) is 5.87. The molecule has 0 aromatic rings. The summed E-state index contributed by atoms with van der Waals surface area (Å²) in [6, 6.07) is 0. The third-order valence-corrected chi connectivity index (χ3v) is 2.81. The molecule has 90 valence electrons. The van der Waals surface area contributed by atoms with Crippen molar-refractivity contribution in [3.63, 3.8) is 0 Å². The van der Waals surface area contributed by atoms with Crippen molar-refractivity contribution in [2.75, 3.05) is 34.3 Å². The second kappa shape index (κ2) is 6.10. The van der Waals surface area contributed by atoms with Crippen LogP contribution in [0.3, 0.4) is 0 Å². The molecule has 7 heteroatoms. The van der Waals surface area contributed by atoms with Crippen molar-refractivity contribution in [2.45, 2.75) is 13.8 Å². The van der Waals surface area contributed by atoms with E-state index in [2.05, 4.69) is 9.29 Å². The van der Waals surface area contributed by atoms with E-state index >= 15 is 0 Å². The maximum Gasteiger partial charge on any atom is 0.454 e. The van der Waals surface area contributed by atoms with Gasteiger partial charge in [0.15, 0.2) is 0 Å². The van der Waals surface area contributed by atoms with Gasteiger partial charge in [-0.3, -0.25) is 4.52 Å². The van der Waals surface area contributed by atoms with Crippen LogP contribution >= 0.6 is 7.75 Å². The van der Waals surface area contributed by atoms with Gasteiger partial charge in [-0.25, -0.2) is 4.57 Å². The second-order valence-corrected chi connectivity index (χ2v) is 4.46. The highest BCUT2D eigenvalue weighted by Gasteiger charge is 2.25. The minimum Gasteiger partial charge on any atom is -0.344 e. The van der Waals surface area contributed by atoms with E-state index in [0.717, 1.165) is 13.1 Å². The zero-order chi connectivity index (χ0) is 12.1. The molecule has 1 fully saturated rings. The van der Waals surface area contributed by atoms with E-state index in [1.807, 2.05) is 37.7 Å². The predicted molar refractivity (Wildman–Crippen MR) is 60.9 cm³/mol. The molecule has 0 bridgehead atoms. The Balaban J connectivity index is 0.000000921. The maximum absolute atomic E-state index is 11.1. The van der Waals surface area contributed by atoms with E-state index in [-0.39, 0.29) is 0 Å². The first-order valence-electron chi connectivity index (χ1n) is 4.87. The lowest BCUT2D eigenvalue weighted by atomic mass is 10.6. The first-order chi connectivity index (χ1) is 6.96. The van der Waals surface area contributed by atoms with Crippen molar-refractivity contribution >= 4 is 13.7 Å². The number of rotatable bonds is 2. The SMILES string of the molecule is CC.COP(=O)(O)N=C1N(C)CCN1C. The largest absolute Gasteiger partial charge is 0.454 e. The fraction of sp³-hybridized carbons (Fsp3) is 0.875. The number of nitrogens with zero attached hydrogens (tertiary/aromatic N) is 3. The Hall–Kier alpha value is -0.580. The van der Waals surface area contributed by atoms with Gasteiger partial charge in [0.2, 0.25) is 5.96 Å². The summed E-state index contributed by atoms with van der Waals surface area (Å²) in [7, 11) is 1.01. The van der Waals surface area contributed by atoms with Gasteiger partial charge in [0.25, 0.3) is 0 Å². The fourth-order valence-electron chi connectivity index (χ4n) is 1.10. The molecule has 1 atom stereocenters. The summed E-state index contributed by atoms with van der Waals surface area (Å²) in [5.74, 6) is 0.493. The molecule has 1 saturated heterocycles. The highest BCUT2D eigenvalue weighted by Crippen LogP contribution is 2.43. The minimum absolute atomic E-state index is 0.493. The van der Waals surface area contributed by atoms with E-state index in [0.29, 0.717) is 5.96 Å². The molecule has 1 heterocycles. The lowest BCUT2D eigenvalue weighted by Gasteiger charge is -2.16. The van der Waals surface area contributed by atoms with Crippen LogP contribution in [-0.2, 0) is 9.09 Å². The summed E-state index contributed by atoms with van der Waals surface area (Å²) in [6.07, 6.45) is 0. The van der Waals surface area contributed by atoms with Crippen LogP contribution in [-0.4, -0.2) is 54.9 Å². The summed E-state index contributed by atoms with van der Waals surface area (Å²) in [5.41, 5.74) is 0. The van der Waals surface area contributed by atoms with Gasteiger partial charge in [0, 0.05) is 34.3 Å². The van der Waals surface area contributed by atoms with E-state index in [9.17, 15) is 4.57 Å². The van der Waals surface area contributed by atoms with Gasteiger partial charge in [-0.05, 0) is 0 Å². The molecule has 15 heavy (non-hydrogen) atoms. The number of hydrogen-bond donors (Lipinski definition) is 1. The average Bonchev–Trinajstić information content (AvgIpc) is 2.52. The molecule has 0 spiro atoms. The topological polar surface area (TPSA) is 65.4 Å². The molecule has 0 amide bonds. The van der Waals surface area contributed by atoms with Crippen molar-refractivity contribution in [3.05, 3.63) is 0 Å². The standard InChI is InChI=1S/C6H14N3O3P.C2H6/c1-8-4-5-9(2)6(8)7-13(10,11)12-3;1-2/h4-5H2,1-3H3,(H,10,11);1-2H3. The third-order valence-electron chi connectivity index (χ3n) is 1.91. The third kappa shape index (κ3) is 4.20. The molecule has 1 unspecified atom stereocenters. The molecule has 1 N–H and O–H groups in total. The van der Waals surface area contributed by atoms with Crippen LogP contribution in [0.2, 0.25) is 0 Å². The fourth-order valence-corrected chi connectivity index (χ4v) is 1.71. The van der Waals surface area contributed by atoms with Crippen LogP contribution in [0.1, 0.15) is 13.8 Å². The Morgan fingerprint density at radius 1 is 1.33 bits per heavy atom. The van der Waals surface area contributed by atoms with Gasteiger partial charge in [0.1, 0.15) is 0 Å². The van der Waals surface area contributed by atoms with Crippen LogP contribution in [0.5, 0.6) is 0 Å². The highest BCUT2D eigenvalue weighted by molar-refractivity contribution is 7.51. The molecular formula is C8H20N3O3P. The molecule has 0 aliphatic carbocycles. The van der Waals surface area contributed by atoms with Gasteiger partial charge < -0.3 is 14.7 Å². The van der Waals surface area contributed by atoms with Crippen LogP contribution in [0.25, 0.3) is 0 Å². The summed E-state index contributed by atoms with van der Waals surface area (Å²) in [4.78, 5) is 12.7. The molecule has 0 saturated carbocycles. The van der Waals surface area contributed by atoms with Crippen LogP contribution in [0, 0.1) is 0 Å². The molecule has 6 nitrogen and oxygen atoms in total. The van der Waals surface area contributed by atoms with Crippen LogP contribution in [0.4, 0.5) is 0 Å². The smallest absolute Gasteiger partial charge is 0.344 e. The predicted octanol–water partition coefficient (Wildman–Crippen LogP) is 0.993. The Morgan fingerprint density at radius 2 is 1.73 bits per heavy atom. The van der Waals surface area contributed by atoms with Gasteiger partial charge in [-0.1, -0.05) is 13.8 Å². The average molecular weight is 237 g/mol. The van der Waals surface area contributed by atoms with E-state index < -0.39 is 7.75 Å². The van der Waals surface area contributed by atoms with Gasteiger partial charge in [0.05, 0.1) is 0 Å². The van der Waals surface area contributed by atoms with Crippen LogP contribution in [0.15, 0.2) is 4.76 Å². The number of guanidine groups is 1. The van der Waals surface area contributed by atoms with Crippen molar-refractivity contribution < 1.29 is 14.0 Å². The maximum atomic E-state index is 11.1. The lowest BCUT2D eigenvalue weighted by Crippen LogP contribution is -2.28. The highest BCUT2D eigenvalue weighted by atomic mass is 31.2. The van der Waals surface area contributed by atoms with Crippen molar-refractivity contribution in [1.29, 1.82) is 0 Å². The second-order valence-electron chi connectivity index (χ2n) is 2.92. The summed E-state index contributed by atoms with van der Waals surface area (Å²) in [5, 5.41) is 0. The van der Waals surface area contributed by atoms with Crippen molar-refractivity contribution in [2.24, 2.45) is 4.76 Å². The molecular weight excluding hydrogens is 217 g/mol. The summed E-state index contributed by atoms with van der Waals surface area (Å²) >= 11 is 0. The molecule has 1 aliphatic heterocycles. The first-order valence-corrected chi connectivity index (χ1v) is 6.40. The van der Waals surface area contributed by atoms with Gasteiger partial charge in [-0.15, -0.1) is 4.76 Å². The number of likely N-dealkylation sites (N-methyl/N-ethyl adjacent to an activating group) is 2. The monoisotopic (exact) mass is 237 g/mol. The quantitative estimate of drug-likeness (QED) is 0.725. The molecule has 1 rings (SSSR count). The van der Waals surface area contributed by atoms with E-state index in [1.165, 1.54) is 7.11 Å².